The number of benzene rings is 3. The number of nitrogens with zero attached hydrogens (tertiary/aromatic N) is 3. The van der Waals surface area contributed by atoms with Crippen LogP contribution in [0.15, 0.2) is 72.9 Å². The second kappa shape index (κ2) is 12.8. The molecule has 0 radical (unpaired) electrons. The van der Waals surface area contributed by atoms with Gasteiger partial charge in [-0.3, -0.25) is 9.69 Å². The number of hydrogen-bond donors (Lipinski definition) is 2. The Hall–Kier alpha value is -4.17. The Kier molecular flexibility index (Phi) is 9.11. The second-order valence-corrected chi connectivity index (χ2v) is 11.5. The number of carbonyl (C=O) groups is 1. The van der Waals surface area contributed by atoms with Crippen molar-refractivity contribution in [1.82, 2.24) is 9.47 Å². The molecule has 1 unspecified atom stereocenters. The predicted octanol–water partition coefficient (Wildman–Crippen LogP) is 5.76. The summed E-state index contributed by atoms with van der Waals surface area (Å²) in [6.45, 7) is 0.648. The van der Waals surface area contributed by atoms with Gasteiger partial charge in [0.2, 0.25) is 0 Å². The number of aliphatic carboxylic acids is 1. The minimum absolute atomic E-state index is 0.0162. The van der Waals surface area contributed by atoms with Crippen molar-refractivity contribution in [3.8, 4) is 17.6 Å². The number of likely N-dealkylation sites (tertiary alicyclic amines) is 1. The van der Waals surface area contributed by atoms with E-state index < -0.39 is 23.5 Å². The van der Waals surface area contributed by atoms with E-state index in [-0.39, 0.29) is 18.1 Å². The molecule has 1 aliphatic rings. The van der Waals surface area contributed by atoms with E-state index in [1.54, 1.807) is 39.8 Å². The number of carboxylic acids is 1. The van der Waals surface area contributed by atoms with Gasteiger partial charge in [0.1, 0.15) is 6.10 Å². The Morgan fingerprint density at radius 2 is 1.80 bits per heavy atom. The average Bonchev–Trinajstić information content (AvgIpc) is 3.36. The Balaban J connectivity index is 1.36. The third-order valence-electron chi connectivity index (χ3n) is 7.99. The fourth-order valence-electron chi connectivity index (χ4n) is 5.71. The van der Waals surface area contributed by atoms with Crippen LogP contribution >= 0.6 is 11.6 Å². The molecular weight excluding hydrogens is 592 g/mol. The maximum atomic E-state index is 15.2. The molecule has 0 bridgehead atoms. The highest BCUT2D eigenvalue weighted by molar-refractivity contribution is 6.22. The molecule has 2 heterocycles. The zero-order valence-corrected chi connectivity index (χ0v) is 24.8. The molecule has 1 fully saturated rings. The average molecular weight is 624 g/mol. The molecule has 5 rings (SSSR count). The molecular formula is C33H32ClF2N3O5. The van der Waals surface area contributed by atoms with Crippen LogP contribution in [-0.4, -0.2) is 63.9 Å². The maximum absolute atomic E-state index is 15.2. The fourth-order valence-corrected chi connectivity index (χ4v) is 5.87. The summed E-state index contributed by atoms with van der Waals surface area (Å²) >= 11 is 5.69. The van der Waals surface area contributed by atoms with Gasteiger partial charge in [-0.1, -0.05) is 42.5 Å². The van der Waals surface area contributed by atoms with Crippen LogP contribution in [0.25, 0.3) is 10.9 Å². The molecule has 0 aliphatic carbocycles. The van der Waals surface area contributed by atoms with Gasteiger partial charge in [-0.15, -0.1) is 0 Å². The van der Waals surface area contributed by atoms with Crippen LogP contribution in [0.4, 0.5) is 8.78 Å². The predicted molar refractivity (Wildman–Crippen MR) is 161 cm³/mol. The number of ether oxygens (including phenoxy) is 2. The summed E-state index contributed by atoms with van der Waals surface area (Å²) in [6, 6.07) is 21.2. The second-order valence-electron chi connectivity index (χ2n) is 11.0. The van der Waals surface area contributed by atoms with Crippen molar-refractivity contribution in [3.63, 3.8) is 0 Å². The Bertz CT molecular complexity index is 1680. The highest BCUT2D eigenvalue weighted by Gasteiger charge is 2.55. The normalized spacial score (nSPS) is 15.9. The van der Waals surface area contributed by atoms with Crippen LogP contribution in [0.3, 0.4) is 0 Å². The van der Waals surface area contributed by atoms with Crippen molar-refractivity contribution in [1.29, 1.82) is 5.26 Å². The molecule has 1 saturated heterocycles. The summed E-state index contributed by atoms with van der Waals surface area (Å²) in [6.07, 6.45) is 2.10. The molecule has 4 aromatic rings. The van der Waals surface area contributed by atoms with E-state index in [2.05, 4.69) is 6.07 Å². The van der Waals surface area contributed by atoms with Crippen LogP contribution < -0.4 is 9.47 Å². The van der Waals surface area contributed by atoms with Crippen molar-refractivity contribution >= 4 is 28.5 Å². The van der Waals surface area contributed by atoms with E-state index in [9.17, 15) is 15.2 Å². The number of aromatic nitrogens is 1. The van der Waals surface area contributed by atoms with Crippen molar-refractivity contribution < 1.29 is 33.3 Å². The van der Waals surface area contributed by atoms with Crippen molar-refractivity contribution in [2.45, 2.75) is 42.9 Å². The van der Waals surface area contributed by atoms with Gasteiger partial charge in [-0.2, -0.15) is 14.0 Å². The number of β-amino-alcohol motifs (C(OH)–C–C–N with tert-alkyl or cyclic N) is 1. The van der Waals surface area contributed by atoms with E-state index in [0.29, 0.717) is 66.0 Å². The lowest BCUT2D eigenvalue weighted by molar-refractivity contribution is -0.147. The summed E-state index contributed by atoms with van der Waals surface area (Å²) < 4.78 is 43.8. The third kappa shape index (κ3) is 6.65. The molecule has 0 spiro atoms. The zero-order chi connectivity index (χ0) is 31.5. The molecule has 3 aromatic carbocycles. The molecule has 8 nitrogen and oxygen atoms in total. The van der Waals surface area contributed by atoms with Crippen LogP contribution in [0.1, 0.15) is 35.1 Å². The highest BCUT2D eigenvalue weighted by Crippen LogP contribution is 2.45. The summed E-state index contributed by atoms with van der Waals surface area (Å²) in [7, 11) is 1.47. The quantitative estimate of drug-likeness (QED) is 0.205. The lowest BCUT2D eigenvalue weighted by Gasteiger charge is -2.39. The molecule has 1 aromatic heterocycles. The van der Waals surface area contributed by atoms with Gasteiger partial charge >= 0.3 is 11.4 Å². The number of piperidine rings is 1. The van der Waals surface area contributed by atoms with E-state index in [0.717, 1.165) is 5.56 Å². The van der Waals surface area contributed by atoms with Crippen LogP contribution in [0.2, 0.25) is 0 Å². The summed E-state index contributed by atoms with van der Waals surface area (Å²) in [4.78, 5) is 12.8. The standard InChI is InChI=1S/C33H32ClF2N3O5/c1-43-30-16-23(17-31(40)41)8-10-29(30)44-25-11-13-38(14-12-25)21-32(42,33(34,35)36)27-20-39(19-22-5-3-2-4-6-22)28-15-24(18-37)7-9-26(27)28/h2-10,15-16,20,25,42H,11-14,17,19,21H2,1H3,(H,40,41). The molecule has 0 saturated carbocycles. The molecule has 1 atom stereocenters. The van der Waals surface area contributed by atoms with Crippen LogP contribution in [-0.2, 0) is 23.4 Å². The minimum Gasteiger partial charge on any atom is -0.493 e. The molecule has 1 aliphatic heterocycles. The van der Waals surface area contributed by atoms with E-state index in [1.807, 2.05) is 30.3 Å². The first-order valence-corrected chi connectivity index (χ1v) is 14.5. The van der Waals surface area contributed by atoms with Crippen LogP contribution in [0.5, 0.6) is 11.5 Å². The number of rotatable bonds is 11. The number of carboxylic acid groups (broad SMARTS) is 1. The highest BCUT2D eigenvalue weighted by atomic mass is 35.5. The van der Waals surface area contributed by atoms with Gasteiger partial charge in [-0.25, -0.2) is 0 Å². The van der Waals surface area contributed by atoms with Crippen molar-refractivity contribution in [2.24, 2.45) is 0 Å². The smallest absolute Gasteiger partial charge is 0.355 e. The molecule has 11 heteroatoms. The summed E-state index contributed by atoms with van der Waals surface area (Å²) in [5.74, 6) is -0.0797. The lowest BCUT2D eigenvalue weighted by atomic mass is 9.91. The van der Waals surface area contributed by atoms with Gasteiger partial charge in [0.05, 0.1) is 30.7 Å². The Morgan fingerprint density at radius 1 is 1.07 bits per heavy atom. The largest absolute Gasteiger partial charge is 0.493 e. The van der Waals surface area contributed by atoms with Crippen molar-refractivity contribution in [2.75, 3.05) is 26.7 Å². The van der Waals surface area contributed by atoms with Gasteiger partial charge < -0.3 is 24.3 Å². The number of fused-ring (bicyclic) bond motifs is 1. The number of halogens is 3. The number of methoxy groups -OCH3 is 1. The molecule has 230 valence electrons. The molecule has 0 amide bonds. The first-order valence-electron chi connectivity index (χ1n) is 14.1. The molecule has 44 heavy (non-hydrogen) atoms. The first-order chi connectivity index (χ1) is 21.0. The van der Waals surface area contributed by atoms with Gasteiger partial charge in [0.15, 0.2) is 17.1 Å². The topological polar surface area (TPSA) is 108 Å². The monoisotopic (exact) mass is 623 g/mol. The number of hydrogen-bond acceptors (Lipinski definition) is 6. The van der Waals surface area contributed by atoms with Gasteiger partial charge in [0, 0.05) is 43.3 Å². The van der Waals surface area contributed by atoms with E-state index >= 15 is 8.78 Å². The van der Waals surface area contributed by atoms with Gasteiger partial charge in [-0.05, 0) is 59.8 Å². The van der Waals surface area contributed by atoms with Gasteiger partial charge in [0.25, 0.3) is 0 Å². The minimum atomic E-state index is -4.01. The summed E-state index contributed by atoms with van der Waals surface area (Å²) in [5.41, 5.74) is -0.343. The zero-order valence-electron chi connectivity index (χ0n) is 24.1. The maximum Gasteiger partial charge on any atom is 0.355 e. The number of nitriles is 1. The summed E-state index contributed by atoms with van der Waals surface area (Å²) in [5, 5.41) is 26.7. The van der Waals surface area contributed by atoms with Crippen LogP contribution in [0, 0.1) is 11.3 Å². The third-order valence-corrected chi connectivity index (χ3v) is 8.30. The Labute approximate surface area is 258 Å². The first kappa shape index (κ1) is 31.3. The van der Waals surface area contributed by atoms with E-state index in [1.165, 1.54) is 19.4 Å². The lowest BCUT2D eigenvalue weighted by Crippen LogP contribution is -2.52. The molecule has 2 N–H and O–H groups in total. The SMILES string of the molecule is COc1cc(CC(=O)O)ccc1OC1CCN(CC(O)(c2cn(Cc3ccccc3)c3cc(C#N)ccc23)C(F)(F)Cl)CC1. The number of alkyl halides is 3. The Morgan fingerprint density at radius 3 is 2.43 bits per heavy atom. The van der Waals surface area contributed by atoms with Crippen molar-refractivity contribution in [3.05, 3.63) is 95.2 Å². The fraction of sp³-hybridized carbons (Fsp3) is 0.333. The van der Waals surface area contributed by atoms with E-state index in [4.69, 9.17) is 26.2 Å². The number of aliphatic hydroxyl groups is 1.